The first-order valence-corrected chi connectivity index (χ1v) is 9.29. The number of aryl methyl sites for hydroxylation is 1. The minimum atomic E-state index is -0.946. The number of carboxylic acids is 1. The van der Waals surface area contributed by atoms with E-state index in [1.54, 1.807) is 6.08 Å². The molecule has 0 radical (unpaired) electrons. The predicted molar refractivity (Wildman–Crippen MR) is 111 cm³/mol. The molecule has 0 aliphatic carbocycles. The molecule has 3 aromatic rings. The lowest BCUT2D eigenvalue weighted by Crippen LogP contribution is -2.03. The molecule has 0 amide bonds. The average molecular weight is 370 g/mol. The van der Waals surface area contributed by atoms with Crippen molar-refractivity contribution in [3.63, 3.8) is 0 Å². The summed E-state index contributed by atoms with van der Waals surface area (Å²) in [7, 11) is 0. The summed E-state index contributed by atoms with van der Waals surface area (Å²) in [6, 6.07) is 20.1. The van der Waals surface area contributed by atoms with Crippen LogP contribution >= 0.6 is 0 Å². The van der Waals surface area contributed by atoms with Crippen LogP contribution in [-0.4, -0.2) is 15.6 Å². The minimum Gasteiger partial charge on any atom is -0.478 e. The lowest BCUT2D eigenvalue weighted by atomic mass is 9.99. The van der Waals surface area contributed by atoms with Gasteiger partial charge >= 0.3 is 5.97 Å². The monoisotopic (exact) mass is 370 g/mol. The number of aromatic nitrogens is 1. The molecule has 4 nitrogen and oxygen atoms in total. The van der Waals surface area contributed by atoms with Crippen molar-refractivity contribution in [3.05, 3.63) is 89.3 Å². The van der Waals surface area contributed by atoms with Crippen LogP contribution in [0.25, 0.3) is 17.2 Å². The highest BCUT2D eigenvalue weighted by Crippen LogP contribution is 2.24. The van der Waals surface area contributed by atoms with E-state index in [0.717, 1.165) is 47.7 Å². The standard InChI is InChI=1S/C24H22N2O2/c1-2-5-22-14-19(10-13-24(27)28)17-26(22)16-18-8-11-20(12-9-18)23-7-4-3-6-21(23)15-25/h3-4,6-14,17H,2,5,16H2,1H3,(H,27,28). The van der Waals surface area contributed by atoms with E-state index in [0.29, 0.717) is 5.56 Å². The molecule has 1 heterocycles. The molecule has 4 heteroatoms. The van der Waals surface area contributed by atoms with Crippen LogP contribution in [0.2, 0.25) is 0 Å². The molecule has 0 atom stereocenters. The Balaban J connectivity index is 1.84. The summed E-state index contributed by atoms with van der Waals surface area (Å²) in [5.41, 5.74) is 5.86. The Morgan fingerprint density at radius 2 is 1.93 bits per heavy atom. The van der Waals surface area contributed by atoms with E-state index < -0.39 is 5.97 Å². The lowest BCUT2D eigenvalue weighted by Gasteiger charge is -2.10. The Labute approximate surface area is 165 Å². The predicted octanol–water partition coefficient (Wildman–Crippen LogP) is 5.13. The molecular weight excluding hydrogens is 348 g/mol. The van der Waals surface area contributed by atoms with Gasteiger partial charge < -0.3 is 9.67 Å². The number of carboxylic acid groups (broad SMARTS) is 1. The normalized spacial score (nSPS) is 10.9. The maximum atomic E-state index is 10.8. The number of nitrogens with zero attached hydrogens (tertiary/aromatic N) is 2. The third kappa shape index (κ3) is 4.57. The summed E-state index contributed by atoms with van der Waals surface area (Å²) in [6.45, 7) is 2.85. The Morgan fingerprint density at radius 1 is 1.18 bits per heavy atom. The quantitative estimate of drug-likeness (QED) is 0.587. The lowest BCUT2D eigenvalue weighted by molar-refractivity contribution is -0.131. The van der Waals surface area contributed by atoms with Gasteiger partial charge in [-0.2, -0.15) is 5.26 Å². The Hall–Kier alpha value is -3.58. The average Bonchev–Trinajstić information content (AvgIpc) is 3.08. The Kier molecular flexibility index (Phi) is 6.08. The molecule has 1 N–H and O–H groups in total. The number of nitriles is 1. The molecule has 140 valence electrons. The largest absolute Gasteiger partial charge is 0.478 e. The third-order valence-corrected chi connectivity index (χ3v) is 4.60. The van der Waals surface area contributed by atoms with Gasteiger partial charge in [0.05, 0.1) is 11.6 Å². The van der Waals surface area contributed by atoms with Gasteiger partial charge in [0.25, 0.3) is 0 Å². The molecule has 3 rings (SSSR count). The molecule has 0 saturated carbocycles. The van der Waals surface area contributed by atoms with Crippen LogP contribution in [0, 0.1) is 11.3 Å². The van der Waals surface area contributed by atoms with Crippen molar-refractivity contribution >= 4 is 12.0 Å². The number of rotatable bonds is 7. The van der Waals surface area contributed by atoms with Crippen molar-refractivity contribution in [3.8, 4) is 17.2 Å². The van der Waals surface area contributed by atoms with E-state index in [2.05, 4.69) is 29.7 Å². The summed E-state index contributed by atoms with van der Waals surface area (Å²) in [4.78, 5) is 10.8. The maximum Gasteiger partial charge on any atom is 0.328 e. The topological polar surface area (TPSA) is 66.0 Å². The van der Waals surface area contributed by atoms with Gasteiger partial charge in [0.15, 0.2) is 0 Å². The van der Waals surface area contributed by atoms with Gasteiger partial charge in [-0.3, -0.25) is 0 Å². The molecule has 0 saturated heterocycles. The van der Waals surface area contributed by atoms with Crippen LogP contribution in [0.1, 0.15) is 35.7 Å². The molecule has 0 aliphatic rings. The summed E-state index contributed by atoms with van der Waals surface area (Å²) in [5.74, 6) is -0.946. The first-order chi connectivity index (χ1) is 13.6. The number of benzene rings is 2. The molecule has 0 unspecified atom stereocenters. The first kappa shape index (κ1) is 19.2. The Morgan fingerprint density at radius 3 is 2.61 bits per heavy atom. The highest BCUT2D eigenvalue weighted by atomic mass is 16.4. The van der Waals surface area contributed by atoms with Gasteiger partial charge in [-0.1, -0.05) is 55.8 Å². The van der Waals surface area contributed by atoms with Crippen molar-refractivity contribution in [1.82, 2.24) is 4.57 Å². The SMILES string of the molecule is CCCc1cc(C=CC(=O)O)cn1Cc1ccc(-c2ccccc2C#N)cc1. The summed E-state index contributed by atoms with van der Waals surface area (Å²) in [6.07, 6.45) is 6.74. The van der Waals surface area contributed by atoms with Crippen molar-refractivity contribution in [2.45, 2.75) is 26.3 Å². The van der Waals surface area contributed by atoms with Gasteiger partial charge in [-0.05, 0) is 46.9 Å². The fourth-order valence-corrected chi connectivity index (χ4v) is 3.27. The molecule has 0 aliphatic heterocycles. The van der Waals surface area contributed by atoms with Crippen molar-refractivity contribution in [1.29, 1.82) is 5.26 Å². The third-order valence-electron chi connectivity index (χ3n) is 4.60. The smallest absolute Gasteiger partial charge is 0.328 e. The molecule has 28 heavy (non-hydrogen) atoms. The van der Waals surface area contributed by atoms with Gasteiger partial charge in [0, 0.05) is 24.5 Å². The Bertz CT molecular complexity index is 1040. The summed E-state index contributed by atoms with van der Waals surface area (Å²) >= 11 is 0. The van der Waals surface area contributed by atoms with E-state index in [9.17, 15) is 10.1 Å². The zero-order valence-electron chi connectivity index (χ0n) is 15.8. The van der Waals surface area contributed by atoms with Gasteiger partial charge in [0.1, 0.15) is 0 Å². The minimum absolute atomic E-state index is 0.667. The van der Waals surface area contributed by atoms with Crippen LogP contribution < -0.4 is 0 Å². The maximum absolute atomic E-state index is 10.8. The molecular formula is C24H22N2O2. The molecule has 0 bridgehead atoms. The summed E-state index contributed by atoms with van der Waals surface area (Å²) < 4.78 is 2.17. The second-order valence-corrected chi connectivity index (χ2v) is 6.67. The van der Waals surface area contributed by atoms with E-state index in [1.165, 1.54) is 5.69 Å². The fraction of sp³-hybridized carbons (Fsp3) is 0.167. The van der Waals surface area contributed by atoms with Crippen LogP contribution in [0.5, 0.6) is 0 Å². The van der Waals surface area contributed by atoms with Crippen LogP contribution in [0.15, 0.2) is 66.9 Å². The summed E-state index contributed by atoms with van der Waals surface area (Å²) in [5, 5.41) is 18.1. The number of hydrogen-bond donors (Lipinski definition) is 1. The van der Waals surface area contributed by atoms with E-state index in [1.807, 2.05) is 48.7 Å². The van der Waals surface area contributed by atoms with Crippen molar-refractivity contribution in [2.24, 2.45) is 0 Å². The van der Waals surface area contributed by atoms with E-state index in [-0.39, 0.29) is 0 Å². The van der Waals surface area contributed by atoms with Crippen molar-refractivity contribution in [2.75, 3.05) is 0 Å². The second kappa shape index (κ2) is 8.88. The zero-order chi connectivity index (χ0) is 19.9. The van der Waals surface area contributed by atoms with Gasteiger partial charge in [0.2, 0.25) is 0 Å². The van der Waals surface area contributed by atoms with Crippen LogP contribution in [0.3, 0.4) is 0 Å². The number of hydrogen-bond acceptors (Lipinski definition) is 2. The fourth-order valence-electron chi connectivity index (χ4n) is 3.27. The van der Waals surface area contributed by atoms with Crippen LogP contribution in [0.4, 0.5) is 0 Å². The zero-order valence-corrected chi connectivity index (χ0v) is 15.8. The van der Waals surface area contributed by atoms with E-state index >= 15 is 0 Å². The van der Waals surface area contributed by atoms with Gasteiger partial charge in [-0.15, -0.1) is 0 Å². The number of carbonyl (C=O) groups is 1. The molecule has 2 aromatic carbocycles. The number of aliphatic carboxylic acids is 1. The molecule has 0 fully saturated rings. The highest BCUT2D eigenvalue weighted by Gasteiger charge is 2.07. The van der Waals surface area contributed by atoms with Gasteiger partial charge in [-0.25, -0.2) is 4.79 Å². The van der Waals surface area contributed by atoms with Crippen LogP contribution in [-0.2, 0) is 17.8 Å². The van der Waals surface area contributed by atoms with E-state index in [4.69, 9.17) is 5.11 Å². The second-order valence-electron chi connectivity index (χ2n) is 6.67. The molecule has 0 spiro atoms. The highest BCUT2D eigenvalue weighted by molar-refractivity contribution is 5.85. The van der Waals surface area contributed by atoms with Crippen molar-refractivity contribution < 1.29 is 9.90 Å². The molecule has 1 aromatic heterocycles. The first-order valence-electron chi connectivity index (χ1n) is 9.29.